The maximum absolute atomic E-state index is 13.0. The molecule has 0 atom stereocenters. The molecule has 0 unspecified atom stereocenters. The van der Waals surface area contributed by atoms with E-state index in [4.69, 9.17) is 16.3 Å². The van der Waals surface area contributed by atoms with Crippen LogP contribution in [0.15, 0.2) is 73.3 Å². The molecule has 9 nitrogen and oxygen atoms in total. The third-order valence-corrected chi connectivity index (χ3v) is 5.17. The summed E-state index contributed by atoms with van der Waals surface area (Å²) in [5.41, 5.74) is 0.132. The van der Waals surface area contributed by atoms with Crippen molar-refractivity contribution in [3.63, 3.8) is 0 Å². The van der Waals surface area contributed by atoms with Gasteiger partial charge in [-0.2, -0.15) is 13.2 Å². The molecule has 4 rings (SSSR count). The van der Waals surface area contributed by atoms with Crippen LogP contribution >= 0.6 is 11.6 Å². The van der Waals surface area contributed by atoms with Crippen LogP contribution in [0.2, 0.25) is 5.02 Å². The highest BCUT2D eigenvalue weighted by atomic mass is 35.5. The van der Waals surface area contributed by atoms with Crippen molar-refractivity contribution >= 4 is 34.9 Å². The van der Waals surface area contributed by atoms with E-state index in [2.05, 4.69) is 30.9 Å². The number of halogens is 4. The van der Waals surface area contributed by atoms with E-state index in [1.807, 2.05) is 0 Å². The van der Waals surface area contributed by atoms with Gasteiger partial charge in [0.2, 0.25) is 0 Å². The highest BCUT2D eigenvalue weighted by Crippen LogP contribution is 2.36. The first-order valence-corrected chi connectivity index (χ1v) is 11.0. The van der Waals surface area contributed by atoms with Gasteiger partial charge < -0.3 is 25.7 Å². The molecule has 0 aliphatic heterocycles. The van der Waals surface area contributed by atoms with Crippen LogP contribution < -0.4 is 20.7 Å². The number of nitrogens with zero attached hydrogens (tertiary/aromatic N) is 2. The highest BCUT2D eigenvalue weighted by Gasteiger charge is 2.33. The van der Waals surface area contributed by atoms with Gasteiger partial charge in [0, 0.05) is 29.8 Å². The molecule has 0 aliphatic carbocycles. The quantitative estimate of drug-likeness (QED) is 0.239. The Hall–Kier alpha value is -4.58. The molecule has 0 fully saturated rings. The van der Waals surface area contributed by atoms with Gasteiger partial charge in [0.05, 0.1) is 29.2 Å². The van der Waals surface area contributed by atoms with Gasteiger partial charge >= 0.3 is 12.2 Å². The smallest absolute Gasteiger partial charge is 0.417 e. The number of carbonyl (C=O) groups excluding carboxylic acids is 2. The number of aromatic nitrogens is 3. The van der Waals surface area contributed by atoms with E-state index in [9.17, 15) is 22.8 Å². The zero-order chi connectivity index (χ0) is 26.4. The molecule has 0 bridgehead atoms. The number of imidazole rings is 1. The third kappa shape index (κ3) is 6.98. The average Bonchev–Trinajstić information content (AvgIpc) is 3.38. The van der Waals surface area contributed by atoms with Crippen LogP contribution in [0.3, 0.4) is 0 Å². The summed E-state index contributed by atoms with van der Waals surface area (Å²) in [5, 5.41) is 7.09. The van der Waals surface area contributed by atoms with Crippen molar-refractivity contribution in [2.45, 2.75) is 12.7 Å². The van der Waals surface area contributed by atoms with Crippen LogP contribution in [0.1, 0.15) is 21.7 Å². The molecule has 0 saturated carbocycles. The number of nitrogens with one attached hydrogen (secondary N) is 4. The summed E-state index contributed by atoms with van der Waals surface area (Å²) in [4.78, 5) is 35.4. The summed E-state index contributed by atoms with van der Waals surface area (Å²) in [6, 6.07) is 11.6. The number of ether oxygens (including phenoxy) is 1. The molecule has 0 radical (unpaired) electrons. The Morgan fingerprint density at radius 2 is 1.70 bits per heavy atom. The molecule has 190 valence electrons. The molecule has 37 heavy (non-hydrogen) atoms. The molecule has 2 aromatic carbocycles. The molecule has 0 aliphatic rings. The number of benzene rings is 2. The largest absolute Gasteiger partial charge is 0.457 e. The Labute approximate surface area is 213 Å². The lowest BCUT2D eigenvalue weighted by molar-refractivity contribution is -0.137. The van der Waals surface area contributed by atoms with Gasteiger partial charge in [-0.25, -0.2) is 9.78 Å². The monoisotopic (exact) mass is 530 g/mol. The maximum Gasteiger partial charge on any atom is 0.417 e. The van der Waals surface area contributed by atoms with Crippen LogP contribution in [0.25, 0.3) is 0 Å². The number of amides is 3. The van der Waals surface area contributed by atoms with Crippen molar-refractivity contribution in [1.82, 2.24) is 20.3 Å². The minimum atomic E-state index is -4.65. The Morgan fingerprint density at radius 1 is 0.973 bits per heavy atom. The van der Waals surface area contributed by atoms with E-state index >= 15 is 0 Å². The predicted octanol–water partition coefficient (Wildman–Crippen LogP) is 5.84. The van der Waals surface area contributed by atoms with Crippen LogP contribution in [-0.4, -0.2) is 26.9 Å². The van der Waals surface area contributed by atoms with Crippen LogP contribution in [0.4, 0.5) is 29.3 Å². The first kappa shape index (κ1) is 25.5. The molecular weight excluding hydrogens is 513 g/mol. The fraction of sp³-hybridized carbons (Fsp3) is 0.0833. The second-order valence-corrected chi connectivity index (χ2v) is 7.94. The number of anilines is 2. The van der Waals surface area contributed by atoms with E-state index in [1.54, 1.807) is 24.4 Å². The Bertz CT molecular complexity index is 1400. The van der Waals surface area contributed by atoms with E-state index in [1.165, 1.54) is 36.8 Å². The van der Waals surface area contributed by atoms with Gasteiger partial charge in [-0.15, -0.1) is 0 Å². The average molecular weight is 531 g/mol. The number of hydrogen-bond acceptors (Lipinski definition) is 5. The lowest BCUT2D eigenvalue weighted by Gasteiger charge is -2.12. The summed E-state index contributed by atoms with van der Waals surface area (Å²) in [7, 11) is 0. The Morgan fingerprint density at radius 3 is 2.41 bits per heavy atom. The van der Waals surface area contributed by atoms with Gasteiger partial charge in [-0.3, -0.25) is 9.78 Å². The van der Waals surface area contributed by atoms with Crippen LogP contribution in [0, 0.1) is 0 Å². The van der Waals surface area contributed by atoms with E-state index < -0.39 is 28.7 Å². The predicted molar refractivity (Wildman–Crippen MR) is 130 cm³/mol. The van der Waals surface area contributed by atoms with Crippen LogP contribution in [0.5, 0.6) is 11.5 Å². The molecule has 3 amide bonds. The first-order valence-electron chi connectivity index (χ1n) is 10.6. The van der Waals surface area contributed by atoms with Gasteiger partial charge in [0.15, 0.2) is 0 Å². The Balaban J connectivity index is 1.33. The number of aromatic amines is 1. The number of rotatable bonds is 7. The molecule has 2 heterocycles. The molecule has 4 aromatic rings. The maximum atomic E-state index is 13.0. The van der Waals surface area contributed by atoms with Crippen molar-refractivity contribution in [2.75, 3.05) is 10.6 Å². The standard InChI is InChI=1S/C24H18ClF3N6O3/c25-20-6-3-15(9-19(20)24(26,27)28)34-23(36)33-14-1-4-17(5-2-14)37-18-7-8-30-21(10-18)22(35)31-12-16-11-29-13-32-16/h1-11,13H,12H2,(H,29,32)(H,31,35)(H2,33,34,36). The fourth-order valence-electron chi connectivity index (χ4n) is 3.10. The van der Waals surface area contributed by atoms with Gasteiger partial charge in [-0.1, -0.05) is 11.6 Å². The van der Waals surface area contributed by atoms with Gasteiger partial charge in [0.1, 0.15) is 17.2 Å². The molecule has 4 N–H and O–H groups in total. The number of H-pyrrole nitrogens is 1. The molecule has 0 saturated heterocycles. The third-order valence-electron chi connectivity index (χ3n) is 4.84. The number of carbonyl (C=O) groups is 2. The minimum absolute atomic E-state index is 0.0729. The van der Waals surface area contributed by atoms with Crippen molar-refractivity contribution in [1.29, 1.82) is 0 Å². The summed E-state index contributed by atoms with van der Waals surface area (Å²) >= 11 is 5.59. The van der Waals surface area contributed by atoms with Gasteiger partial charge in [-0.05, 0) is 48.5 Å². The van der Waals surface area contributed by atoms with E-state index in [0.717, 1.165) is 17.8 Å². The molecule has 2 aromatic heterocycles. The molecule has 0 spiro atoms. The van der Waals surface area contributed by atoms with Crippen molar-refractivity contribution in [3.8, 4) is 11.5 Å². The molecule has 13 heteroatoms. The van der Waals surface area contributed by atoms with E-state index in [0.29, 0.717) is 17.2 Å². The van der Waals surface area contributed by atoms with E-state index in [-0.39, 0.29) is 17.9 Å². The van der Waals surface area contributed by atoms with Crippen molar-refractivity contribution < 1.29 is 27.5 Å². The topological polar surface area (TPSA) is 121 Å². The lowest BCUT2D eigenvalue weighted by atomic mass is 10.2. The first-order chi connectivity index (χ1) is 17.7. The summed E-state index contributed by atoms with van der Waals surface area (Å²) in [6.07, 6.45) is -0.118. The second kappa shape index (κ2) is 11.0. The number of hydrogen-bond donors (Lipinski definition) is 4. The highest BCUT2D eigenvalue weighted by molar-refractivity contribution is 6.31. The normalized spacial score (nSPS) is 11.0. The zero-order valence-corrected chi connectivity index (χ0v) is 19.5. The van der Waals surface area contributed by atoms with Crippen molar-refractivity contribution in [3.05, 3.63) is 95.3 Å². The number of pyridine rings is 1. The summed E-state index contributed by atoms with van der Waals surface area (Å²) < 4.78 is 44.8. The summed E-state index contributed by atoms with van der Waals surface area (Å²) in [6.45, 7) is 0.259. The minimum Gasteiger partial charge on any atom is -0.457 e. The van der Waals surface area contributed by atoms with Gasteiger partial charge in [0.25, 0.3) is 5.91 Å². The Kier molecular flexibility index (Phi) is 7.58. The number of alkyl halides is 3. The second-order valence-electron chi connectivity index (χ2n) is 7.53. The summed E-state index contributed by atoms with van der Waals surface area (Å²) in [5.74, 6) is 0.380. The SMILES string of the molecule is O=C(Nc1ccc(Oc2ccnc(C(=O)NCc3cnc[nH]3)c2)cc1)Nc1ccc(Cl)c(C(F)(F)F)c1. The fourth-order valence-corrected chi connectivity index (χ4v) is 3.33. The van der Waals surface area contributed by atoms with Crippen LogP contribution in [-0.2, 0) is 12.7 Å². The number of urea groups is 1. The zero-order valence-electron chi connectivity index (χ0n) is 18.8. The van der Waals surface area contributed by atoms with Crippen molar-refractivity contribution in [2.24, 2.45) is 0 Å². The lowest BCUT2D eigenvalue weighted by Crippen LogP contribution is -2.23. The molecular formula is C24H18ClF3N6O3.